The number of carbonyl (C=O) groups is 1. The van der Waals surface area contributed by atoms with Crippen LogP contribution >= 0.6 is 11.3 Å². The third-order valence-corrected chi connectivity index (χ3v) is 7.09. The molecule has 3 aromatic rings. The van der Waals surface area contributed by atoms with Gasteiger partial charge in [-0.25, -0.2) is 4.98 Å². The van der Waals surface area contributed by atoms with Crippen LogP contribution < -0.4 is 10.5 Å². The van der Waals surface area contributed by atoms with Gasteiger partial charge >= 0.3 is 0 Å². The van der Waals surface area contributed by atoms with Crippen molar-refractivity contribution in [1.82, 2.24) is 9.55 Å². The van der Waals surface area contributed by atoms with Gasteiger partial charge in [-0.3, -0.25) is 14.2 Å². The monoisotopic (exact) mass is 423 g/mol. The molecule has 0 radical (unpaired) electrons. The van der Waals surface area contributed by atoms with Gasteiger partial charge in [0.05, 0.1) is 10.3 Å². The minimum absolute atomic E-state index is 0.00540. The quantitative estimate of drug-likeness (QED) is 0.561. The van der Waals surface area contributed by atoms with Crippen LogP contribution in [0.4, 0.5) is 5.69 Å². The van der Waals surface area contributed by atoms with Crippen molar-refractivity contribution in [3.05, 3.63) is 56.4 Å². The van der Waals surface area contributed by atoms with Crippen LogP contribution in [0.15, 0.2) is 29.1 Å². The molecule has 0 N–H and O–H groups in total. The van der Waals surface area contributed by atoms with Crippen molar-refractivity contribution in [3.63, 3.8) is 0 Å². The molecule has 1 aliphatic heterocycles. The number of benzene rings is 1. The van der Waals surface area contributed by atoms with Gasteiger partial charge in [-0.15, -0.1) is 11.3 Å². The topological polar surface area (TPSA) is 55.2 Å². The first-order chi connectivity index (χ1) is 14.4. The van der Waals surface area contributed by atoms with E-state index >= 15 is 0 Å². The van der Waals surface area contributed by atoms with Crippen molar-refractivity contribution in [2.24, 2.45) is 0 Å². The number of amides is 1. The summed E-state index contributed by atoms with van der Waals surface area (Å²) in [6.07, 6.45) is 3.75. The number of anilines is 1. The molecule has 0 fully saturated rings. The van der Waals surface area contributed by atoms with Crippen molar-refractivity contribution in [2.45, 2.75) is 65.8 Å². The lowest BCUT2D eigenvalue weighted by Crippen LogP contribution is -2.31. The van der Waals surface area contributed by atoms with E-state index in [1.165, 1.54) is 16.9 Å². The molecule has 1 aliphatic rings. The first-order valence-electron chi connectivity index (χ1n) is 10.9. The van der Waals surface area contributed by atoms with Crippen LogP contribution in [0.3, 0.4) is 0 Å². The Kier molecular flexibility index (Phi) is 5.78. The Morgan fingerprint density at radius 3 is 2.63 bits per heavy atom. The van der Waals surface area contributed by atoms with E-state index < -0.39 is 0 Å². The van der Waals surface area contributed by atoms with Crippen LogP contribution in [0.5, 0.6) is 0 Å². The van der Waals surface area contributed by atoms with E-state index in [-0.39, 0.29) is 11.5 Å². The lowest BCUT2D eigenvalue weighted by Gasteiger charge is -2.22. The van der Waals surface area contributed by atoms with Gasteiger partial charge in [-0.2, -0.15) is 0 Å². The van der Waals surface area contributed by atoms with E-state index in [1.807, 2.05) is 24.0 Å². The number of thiophene rings is 1. The highest BCUT2D eigenvalue weighted by Crippen LogP contribution is 2.31. The molecule has 0 saturated heterocycles. The fourth-order valence-electron chi connectivity index (χ4n) is 4.17. The normalized spacial score (nSPS) is 13.6. The number of rotatable bonds is 5. The van der Waals surface area contributed by atoms with Gasteiger partial charge in [0.15, 0.2) is 0 Å². The maximum atomic E-state index is 13.6. The fourth-order valence-corrected chi connectivity index (χ4v) is 5.31. The summed E-state index contributed by atoms with van der Waals surface area (Å²) < 4.78 is 1.80. The third-order valence-electron chi connectivity index (χ3n) is 5.92. The van der Waals surface area contributed by atoms with Crippen LogP contribution in [0.1, 0.15) is 72.6 Å². The number of hydrogen-bond acceptors (Lipinski definition) is 4. The smallest absolute Gasteiger partial charge is 0.268 e. The Bertz CT molecular complexity index is 1140. The predicted octanol–water partition coefficient (Wildman–Crippen LogP) is 5.28. The van der Waals surface area contributed by atoms with E-state index in [0.29, 0.717) is 27.6 Å². The molecule has 5 nitrogen and oxygen atoms in total. The summed E-state index contributed by atoms with van der Waals surface area (Å²) in [6, 6.07) is 8.24. The van der Waals surface area contributed by atoms with E-state index in [0.717, 1.165) is 49.3 Å². The summed E-state index contributed by atoms with van der Waals surface area (Å²) in [5.74, 6) is 1.26. The number of aryl methyl sites for hydroxylation is 2. The lowest BCUT2D eigenvalue weighted by molar-refractivity contribution is 0.0990. The molecule has 0 bridgehead atoms. The van der Waals surface area contributed by atoms with E-state index in [1.54, 1.807) is 4.57 Å². The molecule has 0 aliphatic carbocycles. The molecule has 158 valence electrons. The first kappa shape index (κ1) is 20.8. The zero-order valence-electron chi connectivity index (χ0n) is 18.2. The second-order valence-corrected chi connectivity index (χ2v) is 9.38. The van der Waals surface area contributed by atoms with Gasteiger partial charge in [0.1, 0.15) is 10.7 Å². The molecule has 6 heteroatoms. The standard InChI is InChI=1S/C24H29N3O2S/c1-5-13-26(18-11-9-17(10-12-18)15(2)3)24(29)21-16(4)20-22(30-21)25-19-8-6-7-14-27(19)23(20)28/h9-12,15H,5-8,13-14H2,1-4H3. The molecule has 0 unspecified atom stereocenters. The first-order valence-corrected chi connectivity index (χ1v) is 11.7. The lowest BCUT2D eigenvalue weighted by atomic mass is 10.0. The highest BCUT2D eigenvalue weighted by Gasteiger charge is 2.26. The summed E-state index contributed by atoms with van der Waals surface area (Å²) in [4.78, 5) is 34.6. The third kappa shape index (κ3) is 3.58. The number of hydrogen-bond donors (Lipinski definition) is 0. The highest BCUT2D eigenvalue weighted by atomic mass is 32.1. The molecule has 0 spiro atoms. The molecule has 2 aromatic heterocycles. The van der Waals surface area contributed by atoms with Gasteiger partial charge in [-0.1, -0.05) is 32.9 Å². The molecule has 3 heterocycles. The SMILES string of the molecule is CCCN(C(=O)c1sc2nc3n(c(=O)c2c1C)CCCC3)c1ccc(C(C)C)cc1. The largest absolute Gasteiger partial charge is 0.308 e. The Morgan fingerprint density at radius 1 is 1.23 bits per heavy atom. The maximum absolute atomic E-state index is 13.6. The van der Waals surface area contributed by atoms with Crippen LogP contribution in [-0.2, 0) is 13.0 Å². The molecule has 0 saturated carbocycles. The second-order valence-electron chi connectivity index (χ2n) is 8.38. The Hall–Kier alpha value is -2.47. The van der Waals surface area contributed by atoms with Crippen LogP contribution in [0.25, 0.3) is 10.2 Å². The summed E-state index contributed by atoms with van der Waals surface area (Å²) >= 11 is 1.36. The highest BCUT2D eigenvalue weighted by molar-refractivity contribution is 7.20. The molecule has 1 amide bonds. The predicted molar refractivity (Wildman–Crippen MR) is 124 cm³/mol. The zero-order chi connectivity index (χ0) is 21.4. The van der Waals surface area contributed by atoms with Crippen molar-refractivity contribution in [3.8, 4) is 0 Å². The van der Waals surface area contributed by atoms with Crippen LogP contribution in [0.2, 0.25) is 0 Å². The van der Waals surface area contributed by atoms with Crippen LogP contribution in [0, 0.1) is 6.92 Å². The van der Waals surface area contributed by atoms with Gasteiger partial charge in [0.25, 0.3) is 11.5 Å². The number of aromatic nitrogens is 2. The van der Waals surface area contributed by atoms with Crippen molar-refractivity contribution in [1.29, 1.82) is 0 Å². The fraction of sp³-hybridized carbons (Fsp3) is 0.458. The number of carbonyl (C=O) groups excluding carboxylic acids is 1. The van der Waals surface area contributed by atoms with Gasteiger partial charge in [0, 0.05) is 25.2 Å². The molecule has 30 heavy (non-hydrogen) atoms. The molecule has 1 aromatic carbocycles. The number of fused-ring (bicyclic) bond motifs is 2. The Labute approximate surface area is 181 Å². The van der Waals surface area contributed by atoms with Gasteiger partial charge < -0.3 is 4.90 Å². The minimum atomic E-state index is -0.0444. The van der Waals surface area contributed by atoms with Crippen molar-refractivity contribution < 1.29 is 4.79 Å². The summed E-state index contributed by atoms with van der Waals surface area (Å²) in [7, 11) is 0. The van der Waals surface area contributed by atoms with Crippen LogP contribution in [-0.4, -0.2) is 22.0 Å². The molecular weight excluding hydrogens is 394 g/mol. The van der Waals surface area contributed by atoms with Crippen molar-refractivity contribution >= 4 is 33.1 Å². The molecular formula is C24H29N3O2S. The van der Waals surface area contributed by atoms with Gasteiger partial charge in [-0.05, 0) is 55.4 Å². The minimum Gasteiger partial charge on any atom is -0.308 e. The van der Waals surface area contributed by atoms with E-state index in [4.69, 9.17) is 4.98 Å². The molecule has 0 atom stereocenters. The Morgan fingerprint density at radius 2 is 1.97 bits per heavy atom. The van der Waals surface area contributed by atoms with Gasteiger partial charge in [0.2, 0.25) is 0 Å². The number of nitrogens with zero attached hydrogens (tertiary/aromatic N) is 3. The average Bonchev–Trinajstić information content (AvgIpc) is 3.08. The Balaban J connectivity index is 1.77. The maximum Gasteiger partial charge on any atom is 0.268 e. The zero-order valence-corrected chi connectivity index (χ0v) is 19.0. The van der Waals surface area contributed by atoms with Crippen molar-refractivity contribution in [2.75, 3.05) is 11.4 Å². The second kappa shape index (κ2) is 8.34. The van der Waals surface area contributed by atoms with E-state index in [2.05, 4.69) is 32.9 Å². The summed E-state index contributed by atoms with van der Waals surface area (Å²) in [5.41, 5.74) is 2.92. The molecule has 4 rings (SSSR count). The summed E-state index contributed by atoms with van der Waals surface area (Å²) in [5, 5.41) is 0.612. The summed E-state index contributed by atoms with van der Waals surface area (Å²) in [6.45, 7) is 9.64. The van der Waals surface area contributed by atoms with E-state index in [9.17, 15) is 9.59 Å². The average molecular weight is 424 g/mol.